The first-order valence-corrected chi connectivity index (χ1v) is 10.7. The Morgan fingerprint density at radius 1 is 1.15 bits per heavy atom. The number of nitro benzene ring substituents is 1. The Morgan fingerprint density at radius 3 is 2.45 bits per heavy atom. The minimum Gasteiger partial charge on any atom is -0.493 e. The number of hydrogen-bond acceptors (Lipinski definition) is 6. The van der Waals surface area contributed by atoms with Crippen LogP contribution in [0.25, 0.3) is 0 Å². The van der Waals surface area contributed by atoms with E-state index < -0.39 is 4.92 Å². The summed E-state index contributed by atoms with van der Waals surface area (Å²) in [7, 11) is 1.51. The van der Waals surface area contributed by atoms with Gasteiger partial charge in [-0.25, -0.2) is 9.82 Å². The van der Waals surface area contributed by atoms with Gasteiger partial charge >= 0.3 is 0 Å². The Morgan fingerprint density at radius 2 is 1.82 bits per heavy atom. The van der Waals surface area contributed by atoms with Gasteiger partial charge < -0.3 is 9.47 Å². The first-order valence-electron chi connectivity index (χ1n) is 9.65. The third kappa shape index (κ3) is 6.97. The smallest absolute Gasteiger partial charge is 0.269 e. The maximum atomic E-state index is 12.9. The van der Waals surface area contributed by atoms with E-state index in [4.69, 9.17) is 9.47 Å². The number of hydrogen-bond donors (Lipinski definition) is 1. The van der Waals surface area contributed by atoms with Crippen molar-refractivity contribution in [3.8, 4) is 11.5 Å². The molecule has 0 saturated carbocycles. The fraction of sp³-hybridized carbons (Fsp3) is 0.130. The number of amides is 1. The molecule has 0 heterocycles. The average Bonchev–Trinajstić information content (AvgIpc) is 2.80. The second-order valence-corrected chi connectivity index (χ2v) is 8.00. The minimum atomic E-state index is -0.456. The summed E-state index contributed by atoms with van der Waals surface area (Å²) < 4.78 is 25.0. The molecule has 1 amide bonds. The van der Waals surface area contributed by atoms with E-state index in [-0.39, 0.29) is 30.4 Å². The van der Waals surface area contributed by atoms with Gasteiger partial charge in [-0.05, 0) is 75.7 Å². The summed E-state index contributed by atoms with van der Waals surface area (Å²) in [4.78, 5) is 22.3. The zero-order valence-corrected chi connectivity index (χ0v) is 19.6. The number of nitrogens with one attached hydrogen (secondary N) is 1. The molecular formula is C23H19FIN3O5. The second kappa shape index (κ2) is 11.4. The maximum absolute atomic E-state index is 12.9. The van der Waals surface area contributed by atoms with E-state index >= 15 is 0 Å². The van der Waals surface area contributed by atoms with Crippen molar-refractivity contribution < 1.29 is 23.6 Å². The van der Waals surface area contributed by atoms with Gasteiger partial charge in [-0.1, -0.05) is 12.1 Å². The number of halogens is 2. The average molecular weight is 563 g/mol. The summed E-state index contributed by atoms with van der Waals surface area (Å²) in [6, 6.07) is 15.3. The van der Waals surface area contributed by atoms with Crippen molar-refractivity contribution in [2.24, 2.45) is 5.10 Å². The third-order valence-corrected chi connectivity index (χ3v) is 5.26. The van der Waals surface area contributed by atoms with Gasteiger partial charge in [-0.3, -0.25) is 14.9 Å². The van der Waals surface area contributed by atoms with Crippen LogP contribution in [0.1, 0.15) is 16.7 Å². The van der Waals surface area contributed by atoms with E-state index in [0.29, 0.717) is 22.6 Å². The molecule has 0 atom stereocenters. The highest BCUT2D eigenvalue weighted by atomic mass is 127. The number of carbonyl (C=O) groups is 1. The molecule has 170 valence electrons. The number of hydrazone groups is 1. The molecule has 3 rings (SSSR count). The highest BCUT2D eigenvalue weighted by molar-refractivity contribution is 14.1. The molecule has 3 aromatic carbocycles. The Balaban J connectivity index is 1.62. The van der Waals surface area contributed by atoms with Crippen LogP contribution < -0.4 is 14.9 Å². The van der Waals surface area contributed by atoms with Crippen molar-refractivity contribution in [3.05, 3.63) is 96.9 Å². The van der Waals surface area contributed by atoms with Gasteiger partial charge in [-0.15, -0.1) is 0 Å². The lowest BCUT2D eigenvalue weighted by molar-refractivity contribution is -0.384. The van der Waals surface area contributed by atoms with Crippen LogP contribution in [0.4, 0.5) is 10.1 Å². The summed E-state index contributed by atoms with van der Waals surface area (Å²) in [5.74, 6) is 0.306. The SMILES string of the molecule is COc1cc(/C=N/NC(=O)Cc2ccc(F)cc2)cc(I)c1OCc1ccc([N+](=O)[O-])cc1. The van der Waals surface area contributed by atoms with Crippen LogP contribution in [0.15, 0.2) is 65.8 Å². The van der Waals surface area contributed by atoms with Crippen LogP contribution in [0.5, 0.6) is 11.5 Å². The van der Waals surface area contributed by atoms with Gasteiger partial charge in [0.05, 0.1) is 28.2 Å². The Labute approximate surface area is 202 Å². The molecular weight excluding hydrogens is 544 g/mol. The summed E-state index contributed by atoms with van der Waals surface area (Å²) in [6.45, 7) is 0.206. The topological polar surface area (TPSA) is 103 Å². The number of rotatable bonds is 9. The highest BCUT2D eigenvalue weighted by Crippen LogP contribution is 2.34. The van der Waals surface area contributed by atoms with E-state index in [9.17, 15) is 19.3 Å². The van der Waals surface area contributed by atoms with E-state index in [0.717, 1.165) is 9.13 Å². The van der Waals surface area contributed by atoms with Crippen molar-refractivity contribution in [1.82, 2.24) is 5.43 Å². The fourth-order valence-corrected chi connectivity index (χ4v) is 3.61. The second-order valence-electron chi connectivity index (χ2n) is 6.84. The van der Waals surface area contributed by atoms with Crippen LogP contribution in [-0.2, 0) is 17.8 Å². The van der Waals surface area contributed by atoms with Crippen molar-refractivity contribution in [1.29, 1.82) is 0 Å². The van der Waals surface area contributed by atoms with E-state index in [2.05, 4.69) is 33.1 Å². The first kappa shape index (κ1) is 24.1. The summed E-state index contributed by atoms with van der Waals surface area (Å²) >= 11 is 2.10. The number of nitro groups is 1. The predicted molar refractivity (Wildman–Crippen MR) is 129 cm³/mol. The van der Waals surface area contributed by atoms with Gasteiger partial charge in [0.15, 0.2) is 11.5 Å². The molecule has 0 unspecified atom stereocenters. The van der Waals surface area contributed by atoms with E-state index in [1.54, 1.807) is 30.3 Å². The normalized spacial score (nSPS) is 10.8. The lowest BCUT2D eigenvalue weighted by atomic mass is 10.1. The lowest BCUT2D eigenvalue weighted by Gasteiger charge is -2.13. The number of carbonyl (C=O) groups excluding carboxylic acids is 1. The molecule has 0 aliphatic heterocycles. The van der Waals surface area contributed by atoms with E-state index in [1.165, 1.54) is 37.6 Å². The number of nitrogens with zero attached hydrogens (tertiary/aromatic N) is 2. The van der Waals surface area contributed by atoms with Crippen molar-refractivity contribution in [3.63, 3.8) is 0 Å². The molecule has 0 aliphatic rings. The molecule has 0 aliphatic carbocycles. The fourth-order valence-electron chi connectivity index (χ4n) is 2.83. The molecule has 10 heteroatoms. The Hall–Kier alpha value is -3.54. The Bertz CT molecular complexity index is 1170. The van der Waals surface area contributed by atoms with Crippen molar-refractivity contribution >= 4 is 40.4 Å². The molecule has 0 radical (unpaired) electrons. The van der Waals surface area contributed by atoms with Gasteiger partial charge in [0.2, 0.25) is 5.91 Å². The zero-order valence-electron chi connectivity index (χ0n) is 17.5. The van der Waals surface area contributed by atoms with Gasteiger partial charge in [-0.2, -0.15) is 5.10 Å². The zero-order chi connectivity index (χ0) is 23.8. The highest BCUT2D eigenvalue weighted by Gasteiger charge is 2.12. The molecule has 0 fully saturated rings. The van der Waals surface area contributed by atoms with Crippen molar-refractivity contribution in [2.45, 2.75) is 13.0 Å². The predicted octanol–water partition coefficient (Wildman–Crippen LogP) is 4.62. The Kier molecular flexibility index (Phi) is 8.30. The third-order valence-electron chi connectivity index (χ3n) is 4.46. The minimum absolute atomic E-state index is 0.0132. The molecule has 1 N–H and O–H groups in total. The lowest BCUT2D eigenvalue weighted by Crippen LogP contribution is -2.19. The van der Waals surface area contributed by atoms with Crippen LogP contribution in [0.2, 0.25) is 0 Å². The largest absolute Gasteiger partial charge is 0.493 e. The molecule has 0 bridgehead atoms. The quantitative estimate of drug-likeness (QED) is 0.177. The van der Waals surface area contributed by atoms with Gasteiger partial charge in [0, 0.05) is 12.1 Å². The first-order chi connectivity index (χ1) is 15.9. The molecule has 33 heavy (non-hydrogen) atoms. The van der Waals surface area contributed by atoms with Gasteiger partial charge in [0.1, 0.15) is 12.4 Å². The number of methoxy groups -OCH3 is 1. The van der Waals surface area contributed by atoms with Crippen LogP contribution in [0, 0.1) is 19.5 Å². The molecule has 8 nitrogen and oxygen atoms in total. The standard InChI is InChI=1S/C23H19FIN3O5/c1-32-21-11-17(13-26-27-22(29)12-15-2-6-18(24)7-3-15)10-20(25)23(21)33-14-16-4-8-19(9-5-16)28(30)31/h2-11,13H,12,14H2,1H3,(H,27,29)/b26-13+. The van der Waals surface area contributed by atoms with Crippen LogP contribution in [-0.4, -0.2) is 24.2 Å². The number of ether oxygens (including phenoxy) is 2. The number of benzene rings is 3. The summed E-state index contributed by atoms with van der Waals surface area (Å²) in [6.07, 6.45) is 1.56. The number of non-ortho nitro benzene ring substituents is 1. The maximum Gasteiger partial charge on any atom is 0.269 e. The van der Waals surface area contributed by atoms with Crippen LogP contribution >= 0.6 is 22.6 Å². The molecule has 3 aromatic rings. The van der Waals surface area contributed by atoms with E-state index in [1.807, 2.05) is 6.07 Å². The molecule has 0 aromatic heterocycles. The summed E-state index contributed by atoms with van der Waals surface area (Å²) in [5.41, 5.74) is 4.58. The monoisotopic (exact) mass is 563 g/mol. The van der Waals surface area contributed by atoms with Gasteiger partial charge in [0.25, 0.3) is 5.69 Å². The van der Waals surface area contributed by atoms with Crippen LogP contribution in [0.3, 0.4) is 0 Å². The van der Waals surface area contributed by atoms with Crippen molar-refractivity contribution in [2.75, 3.05) is 7.11 Å². The summed E-state index contributed by atoms with van der Waals surface area (Å²) in [5, 5.41) is 14.7. The molecule has 0 spiro atoms. The molecule has 0 saturated heterocycles.